The third kappa shape index (κ3) is 3.55. The highest BCUT2D eigenvalue weighted by atomic mass is 32.1. The number of thiocarbonyl (C=S) groups is 1. The molecule has 0 unspecified atom stereocenters. The van der Waals surface area contributed by atoms with Crippen molar-refractivity contribution in [2.24, 2.45) is 5.73 Å². The average molecular weight is 271 g/mol. The van der Waals surface area contributed by atoms with Gasteiger partial charge in [-0.1, -0.05) is 55.5 Å². The van der Waals surface area contributed by atoms with Crippen molar-refractivity contribution in [2.45, 2.75) is 20.0 Å². The Kier molecular flexibility index (Phi) is 4.53. The van der Waals surface area contributed by atoms with Crippen LogP contribution >= 0.6 is 12.2 Å². The Bertz CT molecular complexity index is 563. The number of para-hydroxylation sites is 1. The minimum absolute atomic E-state index is 0.358. The molecule has 0 bridgehead atoms. The predicted molar refractivity (Wildman–Crippen MR) is 82.5 cm³/mol. The smallest absolute Gasteiger partial charge is 0.129 e. The maximum absolute atomic E-state index is 5.79. The van der Waals surface area contributed by atoms with Gasteiger partial charge in [-0.2, -0.15) is 0 Å². The maximum atomic E-state index is 5.79. The topological polar surface area (TPSA) is 35.2 Å². The van der Waals surface area contributed by atoms with E-state index in [0.717, 1.165) is 23.3 Å². The molecular weight excluding hydrogens is 254 g/mol. The summed E-state index contributed by atoms with van der Waals surface area (Å²) in [6.07, 6.45) is 1.05. The molecule has 0 spiro atoms. The quantitative estimate of drug-likeness (QED) is 0.846. The van der Waals surface area contributed by atoms with Gasteiger partial charge in [0.15, 0.2) is 0 Å². The fourth-order valence-corrected chi connectivity index (χ4v) is 2.00. The molecule has 19 heavy (non-hydrogen) atoms. The highest BCUT2D eigenvalue weighted by Gasteiger charge is 2.05. The molecule has 3 heteroatoms. The van der Waals surface area contributed by atoms with E-state index < -0.39 is 0 Å². The van der Waals surface area contributed by atoms with Crippen molar-refractivity contribution in [3.63, 3.8) is 0 Å². The van der Waals surface area contributed by atoms with E-state index in [1.807, 2.05) is 24.3 Å². The van der Waals surface area contributed by atoms with Crippen LogP contribution in [0.5, 0.6) is 5.75 Å². The highest BCUT2D eigenvalue weighted by Crippen LogP contribution is 2.19. The average Bonchev–Trinajstić information content (AvgIpc) is 2.46. The van der Waals surface area contributed by atoms with Crippen LogP contribution in [0.25, 0.3) is 0 Å². The van der Waals surface area contributed by atoms with Crippen LogP contribution in [-0.2, 0) is 13.0 Å². The van der Waals surface area contributed by atoms with Crippen LogP contribution < -0.4 is 10.5 Å². The van der Waals surface area contributed by atoms with Gasteiger partial charge in [-0.25, -0.2) is 0 Å². The molecule has 0 radical (unpaired) electrons. The molecule has 98 valence electrons. The van der Waals surface area contributed by atoms with Gasteiger partial charge < -0.3 is 10.5 Å². The monoisotopic (exact) mass is 271 g/mol. The summed E-state index contributed by atoms with van der Waals surface area (Å²) in [6, 6.07) is 16.0. The number of aryl methyl sites for hydroxylation is 1. The van der Waals surface area contributed by atoms with Crippen molar-refractivity contribution in [3.8, 4) is 5.75 Å². The summed E-state index contributed by atoms with van der Waals surface area (Å²) < 4.78 is 5.79. The summed E-state index contributed by atoms with van der Waals surface area (Å²) >= 11 is 5.01. The minimum atomic E-state index is 0.358. The van der Waals surface area contributed by atoms with E-state index in [-0.39, 0.29) is 0 Å². The first-order chi connectivity index (χ1) is 9.20. The standard InChI is InChI=1S/C16H17NOS/c1-2-12-7-9-13(10-8-12)11-18-15-6-4-3-5-14(15)16(17)19/h3-10H,2,11H2,1H3,(H2,17,19). The summed E-state index contributed by atoms with van der Waals surface area (Å²) in [5.41, 5.74) is 8.91. The molecule has 0 saturated carbocycles. The van der Waals surface area contributed by atoms with Gasteiger partial charge in [0, 0.05) is 0 Å². The first-order valence-corrected chi connectivity index (χ1v) is 6.71. The zero-order chi connectivity index (χ0) is 13.7. The molecule has 0 aliphatic carbocycles. The highest BCUT2D eigenvalue weighted by molar-refractivity contribution is 7.80. The molecule has 0 fully saturated rings. The molecule has 0 saturated heterocycles. The van der Waals surface area contributed by atoms with Crippen molar-refractivity contribution in [1.29, 1.82) is 0 Å². The summed E-state index contributed by atoms with van der Waals surface area (Å²) in [5, 5.41) is 0. The Morgan fingerprint density at radius 1 is 1.05 bits per heavy atom. The lowest BCUT2D eigenvalue weighted by molar-refractivity contribution is 0.305. The van der Waals surface area contributed by atoms with Crippen molar-refractivity contribution < 1.29 is 4.74 Å². The van der Waals surface area contributed by atoms with Gasteiger partial charge in [-0.05, 0) is 29.7 Å². The van der Waals surface area contributed by atoms with Crippen molar-refractivity contribution >= 4 is 17.2 Å². The fraction of sp³-hybridized carbons (Fsp3) is 0.188. The number of benzene rings is 2. The molecule has 0 amide bonds. The lowest BCUT2D eigenvalue weighted by Crippen LogP contribution is -2.11. The van der Waals surface area contributed by atoms with Gasteiger partial charge in [0.1, 0.15) is 17.3 Å². The van der Waals surface area contributed by atoms with Crippen LogP contribution in [0.2, 0.25) is 0 Å². The largest absolute Gasteiger partial charge is 0.488 e. The third-order valence-corrected chi connectivity index (χ3v) is 3.20. The second kappa shape index (κ2) is 6.34. The van der Waals surface area contributed by atoms with Gasteiger partial charge in [-0.3, -0.25) is 0 Å². The molecule has 2 aromatic rings. The van der Waals surface area contributed by atoms with E-state index in [1.54, 1.807) is 0 Å². The second-order valence-electron chi connectivity index (χ2n) is 4.32. The van der Waals surface area contributed by atoms with E-state index in [4.69, 9.17) is 22.7 Å². The van der Waals surface area contributed by atoms with E-state index in [2.05, 4.69) is 31.2 Å². The van der Waals surface area contributed by atoms with E-state index in [1.165, 1.54) is 5.56 Å². The van der Waals surface area contributed by atoms with Crippen LogP contribution in [0.15, 0.2) is 48.5 Å². The lowest BCUT2D eigenvalue weighted by atomic mass is 10.1. The number of hydrogen-bond acceptors (Lipinski definition) is 2. The van der Waals surface area contributed by atoms with Gasteiger partial charge in [0.25, 0.3) is 0 Å². The summed E-state index contributed by atoms with van der Waals surface area (Å²) in [4.78, 5) is 0.358. The molecule has 0 aliphatic heterocycles. The molecule has 2 nitrogen and oxygen atoms in total. The van der Waals surface area contributed by atoms with Crippen LogP contribution in [-0.4, -0.2) is 4.99 Å². The molecule has 0 aromatic heterocycles. The Balaban J connectivity index is 2.07. The second-order valence-corrected chi connectivity index (χ2v) is 4.76. The third-order valence-electron chi connectivity index (χ3n) is 2.98. The Labute approximate surface area is 119 Å². The fourth-order valence-electron chi connectivity index (χ4n) is 1.83. The van der Waals surface area contributed by atoms with Crippen molar-refractivity contribution in [2.75, 3.05) is 0 Å². The van der Waals surface area contributed by atoms with Crippen LogP contribution in [0.3, 0.4) is 0 Å². The number of rotatable bonds is 5. The van der Waals surface area contributed by atoms with Crippen LogP contribution in [0.1, 0.15) is 23.6 Å². The van der Waals surface area contributed by atoms with Crippen molar-refractivity contribution in [3.05, 3.63) is 65.2 Å². The minimum Gasteiger partial charge on any atom is -0.488 e. The zero-order valence-electron chi connectivity index (χ0n) is 10.9. The van der Waals surface area contributed by atoms with Crippen LogP contribution in [0.4, 0.5) is 0 Å². The van der Waals surface area contributed by atoms with E-state index in [9.17, 15) is 0 Å². The molecule has 2 rings (SSSR count). The van der Waals surface area contributed by atoms with Gasteiger partial charge in [0.05, 0.1) is 5.56 Å². The van der Waals surface area contributed by atoms with Crippen molar-refractivity contribution in [1.82, 2.24) is 0 Å². The molecular formula is C16H17NOS. The molecule has 2 N–H and O–H groups in total. The van der Waals surface area contributed by atoms with Gasteiger partial charge >= 0.3 is 0 Å². The zero-order valence-corrected chi connectivity index (χ0v) is 11.7. The van der Waals surface area contributed by atoms with Crippen LogP contribution in [0, 0.1) is 0 Å². The first-order valence-electron chi connectivity index (χ1n) is 6.30. The molecule has 0 heterocycles. The number of ether oxygens (including phenoxy) is 1. The molecule has 0 atom stereocenters. The Morgan fingerprint density at radius 2 is 1.68 bits per heavy atom. The molecule has 2 aromatic carbocycles. The summed E-state index contributed by atoms with van der Waals surface area (Å²) in [6.45, 7) is 2.66. The lowest BCUT2D eigenvalue weighted by Gasteiger charge is -2.10. The summed E-state index contributed by atoms with van der Waals surface area (Å²) in [7, 11) is 0. The molecule has 0 aliphatic rings. The Morgan fingerprint density at radius 3 is 2.32 bits per heavy atom. The van der Waals surface area contributed by atoms with E-state index >= 15 is 0 Å². The summed E-state index contributed by atoms with van der Waals surface area (Å²) in [5.74, 6) is 0.731. The van der Waals surface area contributed by atoms with Gasteiger partial charge in [0.2, 0.25) is 0 Å². The van der Waals surface area contributed by atoms with Gasteiger partial charge in [-0.15, -0.1) is 0 Å². The normalized spacial score (nSPS) is 10.2. The number of nitrogens with two attached hydrogens (primary N) is 1. The maximum Gasteiger partial charge on any atom is 0.129 e. The first kappa shape index (κ1) is 13.6. The number of hydrogen-bond donors (Lipinski definition) is 1. The predicted octanol–water partition coefficient (Wildman–Crippen LogP) is 3.46. The Hall–Kier alpha value is -1.87. The SMILES string of the molecule is CCc1ccc(COc2ccccc2C(N)=S)cc1. The van der Waals surface area contributed by atoms with E-state index in [0.29, 0.717) is 11.6 Å².